The highest BCUT2D eigenvalue weighted by atomic mass is 16.4. The van der Waals surface area contributed by atoms with Crippen molar-refractivity contribution in [2.45, 2.75) is 45.1 Å². The lowest BCUT2D eigenvalue weighted by molar-refractivity contribution is -0.149. The largest absolute Gasteiger partial charge is 0.480 e. The zero-order chi connectivity index (χ0) is 12.4. The summed E-state index contributed by atoms with van der Waals surface area (Å²) in [7, 11) is 0. The fourth-order valence-corrected chi connectivity index (χ4v) is 1.73. The van der Waals surface area contributed by atoms with Crippen molar-refractivity contribution in [2.24, 2.45) is 5.41 Å². The van der Waals surface area contributed by atoms with Crippen molar-refractivity contribution in [3.63, 3.8) is 0 Å². The van der Waals surface area contributed by atoms with E-state index in [0.717, 1.165) is 6.42 Å². The Morgan fingerprint density at radius 2 is 2.00 bits per heavy atom. The summed E-state index contributed by atoms with van der Waals surface area (Å²) in [6, 6.07) is 0. The smallest absolute Gasteiger partial charge is 0.319 e. The number of hydrogen-bond donors (Lipinski definition) is 3. The van der Waals surface area contributed by atoms with E-state index in [4.69, 9.17) is 5.11 Å². The third kappa shape index (κ3) is 2.72. The van der Waals surface area contributed by atoms with E-state index in [9.17, 15) is 14.7 Å². The van der Waals surface area contributed by atoms with Gasteiger partial charge in [0.05, 0.1) is 5.60 Å². The molecule has 0 radical (unpaired) electrons. The number of carboxylic acids is 1. The van der Waals surface area contributed by atoms with Gasteiger partial charge < -0.3 is 15.5 Å². The van der Waals surface area contributed by atoms with E-state index in [1.165, 1.54) is 0 Å². The van der Waals surface area contributed by atoms with Crippen LogP contribution in [0.4, 0.5) is 0 Å². The second kappa shape index (κ2) is 4.41. The molecule has 1 aliphatic rings. The van der Waals surface area contributed by atoms with Crippen molar-refractivity contribution >= 4 is 11.9 Å². The number of amides is 1. The lowest BCUT2D eigenvalue weighted by Crippen LogP contribution is -2.45. The van der Waals surface area contributed by atoms with Crippen LogP contribution < -0.4 is 5.32 Å². The van der Waals surface area contributed by atoms with E-state index in [-0.39, 0.29) is 6.54 Å². The van der Waals surface area contributed by atoms with Gasteiger partial charge in [-0.15, -0.1) is 0 Å². The second-order valence-electron chi connectivity index (χ2n) is 4.82. The average Bonchev–Trinajstić information content (AvgIpc) is 2.94. The molecule has 0 aromatic heterocycles. The summed E-state index contributed by atoms with van der Waals surface area (Å²) in [4.78, 5) is 22.5. The highest BCUT2D eigenvalue weighted by Gasteiger charge is 2.57. The monoisotopic (exact) mass is 229 g/mol. The van der Waals surface area contributed by atoms with Gasteiger partial charge in [-0.1, -0.05) is 13.3 Å². The molecule has 1 amide bonds. The quantitative estimate of drug-likeness (QED) is 0.579. The number of hydrogen-bond acceptors (Lipinski definition) is 3. The molecule has 0 spiro atoms. The van der Waals surface area contributed by atoms with Gasteiger partial charge in [-0.2, -0.15) is 0 Å². The van der Waals surface area contributed by atoms with Gasteiger partial charge in [0.1, 0.15) is 5.41 Å². The first-order chi connectivity index (χ1) is 7.34. The minimum absolute atomic E-state index is 0.106. The molecule has 0 aromatic carbocycles. The van der Waals surface area contributed by atoms with Crippen LogP contribution in [0.3, 0.4) is 0 Å². The molecule has 0 saturated heterocycles. The van der Waals surface area contributed by atoms with Gasteiger partial charge >= 0.3 is 5.97 Å². The molecule has 16 heavy (non-hydrogen) atoms. The lowest BCUT2D eigenvalue weighted by Gasteiger charge is -2.23. The van der Waals surface area contributed by atoms with Crippen LogP contribution in [0.2, 0.25) is 0 Å². The number of nitrogens with one attached hydrogen (secondary N) is 1. The summed E-state index contributed by atoms with van der Waals surface area (Å²) >= 11 is 0. The first kappa shape index (κ1) is 13.0. The van der Waals surface area contributed by atoms with Gasteiger partial charge in [0.15, 0.2) is 0 Å². The number of carbonyl (C=O) groups excluding carboxylic acids is 1. The van der Waals surface area contributed by atoms with Crippen LogP contribution in [0.5, 0.6) is 0 Å². The van der Waals surface area contributed by atoms with E-state index < -0.39 is 22.9 Å². The molecule has 5 nitrogen and oxygen atoms in total. The molecule has 1 aliphatic carbocycles. The predicted molar refractivity (Wildman–Crippen MR) is 57.8 cm³/mol. The molecule has 1 atom stereocenters. The van der Waals surface area contributed by atoms with E-state index >= 15 is 0 Å². The lowest BCUT2D eigenvalue weighted by atomic mass is 10.00. The summed E-state index contributed by atoms with van der Waals surface area (Å²) in [6.07, 6.45) is 2.18. The molecule has 0 bridgehead atoms. The number of rotatable bonds is 6. The number of aliphatic hydroxyl groups is 1. The highest BCUT2D eigenvalue weighted by molar-refractivity contribution is 6.04. The predicted octanol–water partition coefficient (Wildman–Crippen LogP) is 0.518. The van der Waals surface area contributed by atoms with E-state index in [2.05, 4.69) is 5.32 Å². The maximum Gasteiger partial charge on any atom is 0.319 e. The van der Waals surface area contributed by atoms with Crippen LogP contribution in [0, 0.1) is 5.41 Å². The number of carbonyl (C=O) groups is 2. The number of carboxylic acid groups (broad SMARTS) is 1. The fourth-order valence-electron chi connectivity index (χ4n) is 1.73. The van der Waals surface area contributed by atoms with E-state index in [0.29, 0.717) is 19.3 Å². The van der Waals surface area contributed by atoms with Crippen LogP contribution >= 0.6 is 0 Å². The fraction of sp³-hybridized carbons (Fsp3) is 0.818. The van der Waals surface area contributed by atoms with Crippen LogP contribution in [0.25, 0.3) is 0 Å². The summed E-state index contributed by atoms with van der Waals surface area (Å²) < 4.78 is 0. The molecular formula is C11H19NO4. The van der Waals surface area contributed by atoms with Gasteiger partial charge in [0, 0.05) is 6.54 Å². The van der Waals surface area contributed by atoms with E-state index in [1.54, 1.807) is 6.92 Å². The molecule has 1 unspecified atom stereocenters. The van der Waals surface area contributed by atoms with Crippen molar-refractivity contribution in [3.05, 3.63) is 0 Å². The first-order valence-corrected chi connectivity index (χ1v) is 5.58. The Morgan fingerprint density at radius 1 is 1.44 bits per heavy atom. The molecule has 1 saturated carbocycles. The minimum Gasteiger partial charge on any atom is -0.480 e. The van der Waals surface area contributed by atoms with Crippen molar-refractivity contribution in [1.29, 1.82) is 0 Å². The Morgan fingerprint density at radius 3 is 2.38 bits per heavy atom. The van der Waals surface area contributed by atoms with Crippen molar-refractivity contribution in [3.8, 4) is 0 Å². The maximum absolute atomic E-state index is 11.6. The Balaban J connectivity index is 2.45. The zero-order valence-corrected chi connectivity index (χ0v) is 9.75. The molecule has 0 heterocycles. The Kier molecular flexibility index (Phi) is 3.57. The van der Waals surface area contributed by atoms with E-state index in [1.807, 2.05) is 6.92 Å². The van der Waals surface area contributed by atoms with Crippen LogP contribution in [-0.2, 0) is 9.59 Å². The zero-order valence-electron chi connectivity index (χ0n) is 9.75. The second-order valence-corrected chi connectivity index (χ2v) is 4.82. The average molecular weight is 229 g/mol. The van der Waals surface area contributed by atoms with Crippen LogP contribution in [0.1, 0.15) is 39.5 Å². The molecule has 5 heteroatoms. The molecular weight excluding hydrogens is 210 g/mol. The number of aliphatic carboxylic acids is 1. The first-order valence-electron chi connectivity index (χ1n) is 5.58. The maximum atomic E-state index is 11.6. The summed E-state index contributed by atoms with van der Waals surface area (Å²) in [5.74, 6) is -1.54. The minimum atomic E-state index is -1.22. The molecule has 92 valence electrons. The Labute approximate surface area is 94.8 Å². The Hall–Kier alpha value is -1.10. The van der Waals surface area contributed by atoms with Crippen LogP contribution in [0.15, 0.2) is 0 Å². The topological polar surface area (TPSA) is 86.6 Å². The summed E-state index contributed by atoms with van der Waals surface area (Å²) in [5.41, 5.74) is -2.18. The van der Waals surface area contributed by atoms with Crippen LogP contribution in [-0.4, -0.2) is 34.2 Å². The van der Waals surface area contributed by atoms with Gasteiger partial charge in [-0.05, 0) is 26.2 Å². The molecule has 3 N–H and O–H groups in total. The van der Waals surface area contributed by atoms with Gasteiger partial charge in [-0.3, -0.25) is 9.59 Å². The Bertz CT molecular complexity index is 294. The standard InChI is InChI=1S/C11H19NO4/c1-3-4-10(2,16)7-12-8(13)11(5-6-11)9(14)15/h16H,3-7H2,1-2H3,(H,12,13)(H,14,15). The van der Waals surface area contributed by atoms with Gasteiger partial charge in [0.25, 0.3) is 0 Å². The summed E-state index contributed by atoms with van der Waals surface area (Å²) in [6.45, 7) is 3.68. The molecule has 0 aliphatic heterocycles. The van der Waals surface area contributed by atoms with Gasteiger partial charge in [0.2, 0.25) is 5.91 Å². The third-order valence-electron chi connectivity index (χ3n) is 3.01. The normalized spacial score (nSPS) is 20.9. The summed E-state index contributed by atoms with van der Waals surface area (Å²) in [5, 5.41) is 21.2. The van der Waals surface area contributed by atoms with Crippen molar-refractivity contribution in [2.75, 3.05) is 6.54 Å². The molecule has 1 rings (SSSR count). The molecule has 1 fully saturated rings. The van der Waals surface area contributed by atoms with Gasteiger partial charge in [-0.25, -0.2) is 0 Å². The van der Waals surface area contributed by atoms with Crippen molar-refractivity contribution in [1.82, 2.24) is 5.32 Å². The highest BCUT2D eigenvalue weighted by Crippen LogP contribution is 2.46. The SMILES string of the molecule is CCCC(C)(O)CNC(=O)C1(C(=O)O)CC1. The third-order valence-corrected chi connectivity index (χ3v) is 3.01. The molecule has 0 aromatic rings. The van der Waals surface area contributed by atoms with Crippen molar-refractivity contribution < 1.29 is 19.8 Å².